The summed E-state index contributed by atoms with van der Waals surface area (Å²) < 4.78 is -0.333. The highest BCUT2D eigenvalue weighted by atomic mass is 35.5. The number of hydrogen-bond acceptors (Lipinski definition) is 1. The van der Waals surface area contributed by atoms with E-state index in [2.05, 4.69) is 25.0 Å². The maximum Gasteiger partial charge on any atom is 0.0986 e. The first kappa shape index (κ1) is 14.1. The van der Waals surface area contributed by atoms with Gasteiger partial charge in [-0.15, -0.1) is 18.2 Å². The summed E-state index contributed by atoms with van der Waals surface area (Å²) in [5.41, 5.74) is 2.26. The van der Waals surface area contributed by atoms with Gasteiger partial charge in [-0.05, 0) is 24.1 Å². The summed E-state index contributed by atoms with van der Waals surface area (Å²) in [4.78, 5) is 0. The Morgan fingerprint density at radius 3 is 2.37 bits per heavy atom. The molecule has 0 N–H and O–H groups in total. The molecule has 0 bridgehead atoms. The molecule has 0 saturated heterocycles. The Balaban J connectivity index is 2.17. The van der Waals surface area contributed by atoms with Gasteiger partial charge in [0.1, 0.15) is 0 Å². The predicted molar refractivity (Wildman–Crippen MR) is 85.4 cm³/mol. The second kappa shape index (κ2) is 6.19. The van der Waals surface area contributed by atoms with Gasteiger partial charge in [-0.2, -0.15) is 0 Å². The Kier molecular flexibility index (Phi) is 4.58. The van der Waals surface area contributed by atoms with E-state index < -0.39 is 0 Å². The molecule has 0 saturated carbocycles. The lowest BCUT2D eigenvalue weighted by Crippen LogP contribution is -2.14. The summed E-state index contributed by atoms with van der Waals surface area (Å²) in [6.07, 6.45) is 5.74. The van der Waals surface area contributed by atoms with Gasteiger partial charge in [0.25, 0.3) is 0 Å². The van der Waals surface area contributed by atoms with Crippen molar-refractivity contribution < 1.29 is 0 Å². The Labute approximate surface area is 124 Å². The van der Waals surface area contributed by atoms with Gasteiger partial charge in [0.15, 0.2) is 0 Å². The molecule has 1 unspecified atom stereocenters. The molecule has 0 aliphatic carbocycles. The minimum absolute atomic E-state index is 0.333. The highest BCUT2D eigenvalue weighted by Crippen LogP contribution is 2.38. The van der Waals surface area contributed by atoms with Gasteiger partial charge in [0, 0.05) is 10.8 Å². The van der Waals surface area contributed by atoms with Crippen molar-refractivity contribution in [2.45, 2.75) is 17.4 Å². The van der Waals surface area contributed by atoms with Crippen molar-refractivity contribution in [2.75, 3.05) is 0 Å². The zero-order valence-corrected chi connectivity index (χ0v) is 12.3. The van der Waals surface area contributed by atoms with Gasteiger partial charge in [0.2, 0.25) is 0 Å². The van der Waals surface area contributed by atoms with E-state index in [1.54, 1.807) is 11.8 Å². The highest BCUT2D eigenvalue weighted by molar-refractivity contribution is 7.99. The molecule has 0 fully saturated rings. The first-order chi connectivity index (χ1) is 9.15. The second-order valence-corrected chi connectivity index (χ2v) is 6.22. The van der Waals surface area contributed by atoms with Gasteiger partial charge in [0.05, 0.1) is 4.75 Å². The third-order valence-electron chi connectivity index (χ3n) is 3.07. The monoisotopic (exact) mass is 286 g/mol. The number of thioether (sulfide) groups is 1. The van der Waals surface area contributed by atoms with Crippen LogP contribution in [0, 0.1) is 12.3 Å². The van der Waals surface area contributed by atoms with Crippen LogP contribution in [0.3, 0.4) is 0 Å². The molecule has 0 amide bonds. The number of rotatable bonds is 4. The smallest absolute Gasteiger partial charge is 0.0986 e. The molecule has 2 heteroatoms. The summed E-state index contributed by atoms with van der Waals surface area (Å²) in [6, 6.07) is 18.1. The van der Waals surface area contributed by atoms with Crippen LogP contribution in [-0.2, 0) is 10.5 Å². The first-order valence-corrected chi connectivity index (χ1v) is 7.43. The maximum atomic E-state index is 6.18. The van der Waals surface area contributed by atoms with Gasteiger partial charge in [-0.1, -0.05) is 66.1 Å². The maximum absolute atomic E-state index is 6.18. The average molecular weight is 287 g/mol. The fourth-order valence-corrected chi connectivity index (χ4v) is 3.17. The first-order valence-electron chi connectivity index (χ1n) is 6.06. The quantitative estimate of drug-likeness (QED) is 0.703. The summed E-state index contributed by atoms with van der Waals surface area (Å²) in [5, 5.41) is 0.794. The SMILES string of the molecule is C#CC(C)(SCc1ccccc1Cl)c1ccccc1. The molecule has 0 radical (unpaired) electrons. The molecule has 0 nitrogen and oxygen atoms in total. The molecule has 0 aliphatic rings. The van der Waals surface area contributed by atoms with Crippen molar-refractivity contribution in [1.82, 2.24) is 0 Å². The fourth-order valence-electron chi connectivity index (χ4n) is 1.80. The molecule has 1 atom stereocenters. The van der Waals surface area contributed by atoms with Crippen LogP contribution >= 0.6 is 23.4 Å². The van der Waals surface area contributed by atoms with Crippen LogP contribution in [0.25, 0.3) is 0 Å². The van der Waals surface area contributed by atoms with E-state index in [1.165, 1.54) is 0 Å². The predicted octanol–water partition coefficient (Wildman–Crippen LogP) is 5.12. The van der Waals surface area contributed by atoms with E-state index in [0.717, 1.165) is 21.9 Å². The van der Waals surface area contributed by atoms with Crippen LogP contribution < -0.4 is 0 Å². The number of benzene rings is 2. The second-order valence-electron chi connectivity index (χ2n) is 4.42. The van der Waals surface area contributed by atoms with Gasteiger partial charge < -0.3 is 0 Å². The minimum atomic E-state index is -0.333. The molecular weight excluding hydrogens is 272 g/mol. The third kappa shape index (κ3) is 3.35. The van der Waals surface area contributed by atoms with Gasteiger partial charge in [-0.25, -0.2) is 0 Å². The van der Waals surface area contributed by atoms with Crippen molar-refractivity contribution in [3.05, 3.63) is 70.7 Å². The standard InChI is InChI=1S/C17H15ClS/c1-3-17(2,15-10-5-4-6-11-15)19-13-14-9-7-8-12-16(14)18/h1,4-12H,13H2,2H3. The lowest BCUT2D eigenvalue weighted by Gasteiger charge is -2.23. The van der Waals surface area contributed by atoms with Crippen LogP contribution in [0.5, 0.6) is 0 Å². The van der Waals surface area contributed by atoms with Gasteiger partial charge >= 0.3 is 0 Å². The fraction of sp³-hybridized carbons (Fsp3) is 0.176. The van der Waals surface area contributed by atoms with Crippen LogP contribution in [0.1, 0.15) is 18.1 Å². The molecule has 19 heavy (non-hydrogen) atoms. The molecule has 0 heterocycles. The number of terminal acetylenes is 1. The van der Waals surface area contributed by atoms with Crippen molar-refractivity contribution in [3.8, 4) is 12.3 Å². The topological polar surface area (TPSA) is 0 Å². The number of halogens is 1. The Hall–Kier alpha value is -1.36. The van der Waals surface area contributed by atoms with E-state index in [-0.39, 0.29) is 4.75 Å². The van der Waals surface area contributed by atoms with Gasteiger partial charge in [-0.3, -0.25) is 0 Å². The van der Waals surface area contributed by atoms with Crippen molar-refractivity contribution >= 4 is 23.4 Å². The summed E-state index contributed by atoms with van der Waals surface area (Å²) in [6.45, 7) is 2.07. The lowest BCUT2D eigenvalue weighted by molar-refractivity contribution is 0.914. The van der Waals surface area contributed by atoms with E-state index in [1.807, 2.05) is 42.5 Å². The average Bonchev–Trinajstić information content (AvgIpc) is 2.47. The van der Waals surface area contributed by atoms with Crippen LogP contribution in [-0.4, -0.2) is 0 Å². The summed E-state index contributed by atoms with van der Waals surface area (Å²) in [5.74, 6) is 3.71. The minimum Gasteiger partial charge on any atom is -0.133 e. The van der Waals surface area contributed by atoms with Crippen LogP contribution in [0.4, 0.5) is 0 Å². The van der Waals surface area contributed by atoms with E-state index in [0.29, 0.717) is 0 Å². The summed E-state index contributed by atoms with van der Waals surface area (Å²) in [7, 11) is 0. The number of hydrogen-bond donors (Lipinski definition) is 0. The normalized spacial score (nSPS) is 13.5. The van der Waals surface area contributed by atoms with E-state index in [4.69, 9.17) is 18.0 Å². The van der Waals surface area contributed by atoms with Crippen molar-refractivity contribution in [2.24, 2.45) is 0 Å². The zero-order chi connectivity index (χ0) is 13.7. The lowest BCUT2D eigenvalue weighted by atomic mass is 10.0. The molecular formula is C17H15ClS. The van der Waals surface area contributed by atoms with Crippen molar-refractivity contribution in [3.63, 3.8) is 0 Å². The Bertz CT molecular complexity index is 586. The molecule has 2 rings (SSSR count). The van der Waals surface area contributed by atoms with Crippen LogP contribution in [0.2, 0.25) is 5.02 Å². The Morgan fingerprint density at radius 2 is 1.74 bits per heavy atom. The molecule has 96 valence electrons. The van der Waals surface area contributed by atoms with E-state index >= 15 is 0 Å². The largest absolute Gasteiger partial charge is 0.133 e. The molecule has 0 aromatic heterocycles. The molecule has 0 aliphatic heterocycles. The summed E-state index contributed by atoms with van der Waals surface area (Å²) >= 11 is 7.90. The zero-order valence-electron chi connectivity index (χ0n) is 10.8. The Morgan fingerprint density at radius 1 is 1.11 bits per heavy atom. The molecule has 0 spiro atoms. The van der Waals surface area contributed by atoms with E-state index in [9.17, 15) is 0 Å². The molecule has 2 aromatic carbocycles. The highest BCUT2D eigenvalue weighted by Gasteiger charge is 2.24. The molecule has 2 aromatic rings. The van der Waals surface area contributed by atoms with Crippen molar-refractivity contribution in [1.29, 1.82) is 0 Å². The van der Waals surface area contributed by atoms with Crippen LogP contribution in [0.15, 0.2) is 54.6 Å². The third-order valence-corrected chi connectivity index (χ3v) is 4.83.